The molecule has 0 atom stereocenters. The van der Waals surface area contributed by atoms with Crippen molar-refractivity contribution in [1.82, 2.24) is 0 Å². The fraction of sp³-hybridized carbons (Fsp3) is 0.667. The summed E-state index contributed by atoms with van der Waals surface area (Å²) in [5, 5.41) is 19.7. The molecule has 0 saturated carbocycles. The maximum atomic E-state index is 10.0. The SMILES string of the molecule is CCCCCCCCCCCCCCCCC=C(O)c1ccccc1O. The number of aliphatic hydroxyl groups is 1. The first-order valence-corrected chi connectivity index (χ1v) is 10.9. The maximum absolute atomic E-state index is 10.0. The summed E-state index contributed by atoms with van der Waals surface area (Å²) in [5.74, 6) is 0.333. The van der Waals surface area contributed by atoms with Crippen molar-refractivity contribution in [3.63, 3.8) is 0 Å². The molecule has 26 heavy (non-hydrogen) atoms. The van der Waals surface area contributed by atoms with E-state index in [-0.39, 0.29) is 11.5 Å². The molecule has 0 fully saturated rings. The quantitative estimate of drug-likeness (QED) is 0.230. The Balaban J connectivity index is 1.89. The highest BCUT2D eigenvalue weighted by Gasteiger charge is 2.03. The minimum absolute atomic E-state index is 0.141. The maximum Gasteiger partial charge on any atom is 0.126 e. The predicted molar refractivity (Wildman–Crippen MR) is 114 cm³/mol. The number of phenolic OH excluding ortho intramolecular Hbond substituents is 1. The van der Waals surface area contributed by atoms with E-state index in [1.807, 2.05) is 12.1 Å². The van der Waals surface area contributed by atoms with E-state index < -0.39 is 0 Å². The second kappa shape index (κ2) is 15.8. The highest BCUT2D eigenvalue weighted by atomic mass is 16.3. The third-order valence-electron chi connectivity index (χ3n) is 5.08. The van der Waals surface area contributed by atoms with Gasteiger partial charge in [0.15, 0.2) is 0 Å². The lowest BCUT2D eigenvalue weighted by Crippen LogP contribution is -1.85. The van der Waals surface area contributed by atoms with Crippen molar-refractivity contribution in [3.8, 4) is 5.75 Å². The molecule has 0 spiro atoms. The first-order valence-electron chi connectivity index (χ1n) is 10.9. The standard InChI is InChI=1S/C24H40O2/c1-2-3-4-5-6-7-8-9-10-11-12-13-14-15-16-20-23(25)22-19-17-18-21-24(22)26/h17-21,25-26H,2-16H2,1H3. The molecule has 148 valence electrons. The molecule has 0 amide bonds. The normalized spacial score (nSPS) is 11.8. The molecule has 0 aromatic heterocycles. The second-order valence-corrected chi connectivity index (χ2v) is 7.49. The second-order valence-electron chi connectivity index (χ2n) is 7.49. The molecule has 0 heterocycles. The average Bonchev–Trinajstić information content (AvgIpc) is 2.65. The Kier molecular flexibility index (Phi) is 13.7. The van der Waals surface area contributed by atoms with Gasteiger partial charge in [0, 0.05) is 0 Å². The molecule has 0 aliphatic heterocycles. The average molecular weight is 361 g/mol. The van der Waals surface area contributed by atoms with E-state index in [0.29, 0.717) is 5.56 Å². The van der Waals surface area contributed by atoms with Crippen LogP contribution in [0, 0.1) is 0 Å². The lowest BCUT2D eigenvalue weighted by molar-refractivity contribution is 0.459. The Hall–Kier alpha value is -1.44. The van der Waals surface area contributed by atoms with Crippen molar-refractivity contribution in [2.24, 2.45) is 0 Å². The van der Waals surface area contributed by atoms with Crippen LogP contribution in [0.3, 0.4) is 0 Å². The van der Waals surface area contributed by atoms with Crippen LogP contribution in [0.15, 0.2) is 30.3 Å². The molecule has 1 aromatic rings. The number of hydrogen-bond donors (Lipinski definition) is 2. The number of para-hydroxylation sites is 1. The summed E-state index contributed by atoms with van der Waals surface area (Å²) in [6.45, 7) is 2.27. The fourth-order valence-electron chi connectivity index (χ4n) is 3.38. The highest BCUT2D eigenvalue weighted by molar-refractivity contribution is 5.63. The molecular weight excluding hydrogens is 320 g/mol. The van der Waals surface area contributed by atoms with Crippen molar-refractivity contribution in [1.29, 1.82) is 0 Å². The number of hydrogen-bond acceptors (Lipinski definition) is 2. The number of aromatic hydroxyl groups is 1. The first kappa shape index (κ1) is 22.6. The van der Waals surface area contributed by atoms with Crippen molar-refractivity contribution in [2.45, 2.75) is 103 Å². The summed E-state index contributed by atoms with van der Waals surface area (Å²) in [6.07, 6.45) is 21.7. The molecular formula is C24H40O2. The zero-order valence-electron chi connectivity index (χ0n) is 16.9. The lowest BCUT2D eigenvalue weighted by Gasteiger charge is -2.04. The van der Waals surface area contributed by atoms with Crippen molar-refractivity contribution in [2.75, 3.05) is 0 Å². The zero-order valence-corrected chi connectivity index (χ0v) is 16.9. The Morgan fingerprint density at radius 3 is 1.69 bits per heavy atom. The van der Waals surface area contributed by atoms with Gasteiger partial charge in [-0.15, -0.1) is 0 Å². The van der Waals surface area contributed by atoms with Gasteiger partial charge in [-0.25, -0.2) is 0 Å². The van der Waals surface area contributed by atoms with Gasteiger partial charge in [0.2, 0.25) is 0 Å². The minimum atomic E-state index is 0.141. The third-order valence-corrected chi connectivity index (χ3v) is 5.08. The molecule has 1 aromatic carbocycles. The summed E-state index contributed by atoms with van der Waals surface area (Å²) in [6, 6.07) is 6.93. The number of benzene rings is 1. The van der Waals surface area contributed by atoms with Crippen molar-refractivity contribution in [3.05, 3.63) is 35.9 Å². The first-order chi connectivity index (χ1) is 12.8. The van der Waals surface area contributed by atoms with Crippen LogP contribution >= 0.6 is 0 Å². The van der Waals surface area contributed by atoms with Crippen LogP contribution in [0.1, 0.15) is 109 Å². The van der Waals surface area contributed by atoms with Crippen molar-refractivity contribution < 1.29 is 10.2 Å². The van der Waals surface area contributed by atoms with Crippen LogP contribution in [-0.2, 0) is 0 Å². The van der Waals surface area contributed by atoms with Gasteiger partial charge in [0.25, 0.3) is 0 Å². The molecule has 0 saturated heterocycles. The monoisotopic (exact) mass is 360 g/mol. The van der Waals surface area contributed by atoms with Gasteiger partial charge in [0.05, 0.1) is 5.56 Å². The Morgan fingerprint density at radius 1 is 0.731 bits per heavy atom. The van der Waals surface area contributed by atoms with Crippen LogP contribution in [0.2, 0.25) is 0 Å². The van der Waals surface area contributed by atoms with Crippen LogP contribution in [0.5, 0.6) is 5.75 Å². The van der Waals surface area contributed by atoms with E-state index in [0.717, 1.165) is 12.8 Å². The van der Waals surface area contributed by atoms with Gasteiger partial charge in [-0.2, -0.15) is 0 Å². The smallest absolute Gasteiger partial charge is 0.126 e. The summed E-state index contributed by atoms with van der Waals surface area (Å²) in [4.78, 5) is 0. The molecule has 0 bridgehead atoms. The van der Waals surface area contributed by atoms with Gasteiger partial charge in [0.1, 0.15) is 11.5 Å². The number of rotatable bonds is 16. The number of allylic oxidation sites excluding steroid dienone is 1. The van der Waals surface area contributed by atoms with Crippen LogP contribution in [-0.4, -0.2) is 10.2 Å². The van der Waals surface area contributed by atoms with Gasteiger partial charge >= 0.3 is 0 Å². The largest absolute Gasteiger partial charge is 0.508 e. The Morgan fingerprint density at radius 2 is 1.19 bits per heavy atom. The van der Waals surface area contributed by atoms with E-state index in [9.17, 15) is 10.2 Å². The molecule has 0 aliphatic carbocycles. The van der Waals surface area contributed by atoms with Gasteiger partial charge in [-0.3, -0.25) is 0 Å². The highest BCUT2D eigenvalue weighted by Crippen LogP contribution is 2.23. The van der Waals surface area contributed by atoms with E-state index in [2.05, 4.69) is 6.92 Å². The molecule has 2 heteroatoms. The molecule has 0 radical (unpaired) electrons. The number of unbranched alkanes of at least 4 members (excludes halogenated alkanes) is 14. The number of aliphatic hydroxyl groups excluding tert-OH is 1. The van der Waals surface area contributed by atoms with Crippen LogP contribution in [0.4, 0.5) is 0 Å². The lowest BCUT2D eigenvalue weighted by atomic mass is 10.0. The summed E-state index contributed by atoms with van der Waals surface area (Å²) in [5.41, 5.74) is 0.526. The zero-order chi connectivity index (χ0) is 18.9. The van der Waals surface area contributed by atoms with E-state index in [1.165, 1.54) is 83.5 Å². The minimum Gasteiger partial charge on any atom is -0.508 e. The molecule has 2 N–H and O–H groups in total. The van der Waals surface area contributed by atoms with Gasteiger partial charge in [-0.05, 0) is 31.1 Å². The van der Waals surface area contributed by atoms with E-state index >= 15 is 0 Å². The van der Waals surface area contributed by atoms with Crippen molar-refractivity contribution >= 4 is 5.76 Å². The predicted octanol–water partition coefficient (Wildman–Crippen LogP) is 8.16. The van der Waals surface area contributed by atoms with Gasteiger partial charge in [-0.1, -0.05) is 103 Å². The Bertz CT molecular complexity index is 479. The molecule has 0 unspecified atom stereocenters. The Labute approximate surface area is 161 Å². The van der Waals surface area contributed by atoms with Gasteiger partial charge < -0.3 is 10.2 Å². The third kappa shape index (κ3) is 11.2. The van der Waals surface area contributed by atoms with E-state index in [1.54, 1.807) is 18.2 Å². The molecule has 1 rings (SSSR count). The summed E-state index contributed by atoms with van der Waals surface area (Å²) >= 11 is 0. The fourth-order valence-corrected chi connectivity index (χ4v) is 3.38. The van der Waals surface area contributed by atoms with E-state index in [4.69, 9.17) is 0 Å². The number of phenols is 1. The van der Waals surface area contributed by atoms with Crippen LogP contribution in [0.25, 0.3) is 5.76 Å². The summed E-state index contributed by atoms with van der Waals surface area (Å²) in [7, 11) is 0. The van der Waals surface area contributed by atoms with Crippen LogP contribution < -0.4 is 0 Å². The molecule has 0 aliphatic rings. The topological polar surface area (TPSA) is 40.5 Å². The summed E-state index contributed by atoms with van der Waals surface area (Å²) < 4.78 is 0. The molecule has 2 nitrogen and oxygen atoms in total.